The van der Waals surface area contributed by atoms with Crippen LogP contribution in [-0.4, -0.2) is 45.4 Å². The molecular weight excluding hydrogens is 350 g/mol. The molecule has 0 radical (unpaired) electrons. The number of morpholine rings is 1. The zero-order valence-electron chi connectivity index (χ0n) is 15.1. The Labute approximate surface area is 155 Å². The van der Waals surface area contributed by atoms with Crippen molar-refractivity contribution < 1.29 is 17.3 Å². The van der Waals surface area contributed by atoms with Gasteiger partial charge in [0.05, 0.1) is 12.9 Å². The lowest BCUT2D eigenvalue weighted by molar-refractivity contribution is -0.0889. The van der Waals surface area contributed by atoms with E-state index in [1.807, 2.05) is 48.5 Å². The summed E-state index contributed by atoms with van der Waals surface area (Å²) in [5.41, 5.74) is 2.03. The lowest BCUT2D eigenvalue weighted by Crippen LogP contribution is -2.46. The van der Waals surface area contributed by atoms with E-state index in [-0.39, 0.29) is 12.1 Å². The van der Waals surface area contributed by atoms with Crippen molar-refractivity contribution in [1.29, 1.82) is 0 Å². The Morgan fingerprint density at radius 3 is 2.19 bits per heavy atom. The van der Waals surface area contributed by atoms with Crippen LogP contribution in [0.1, 0.15) is 30.2 Å². The monoisotopic (exact) mass is 375 g/mol. The van der Waals surface area contributed by atoms with Crippen molar-refractivity contribution in [2.45, 2.75) is 25.2 Å². The van der Waals surface area contributed by atoms with E-state index in [4.69, 9.17) is 8.92 Å². The standard InChI is InChI=1S/C20H25NO4S/c1-16(17-9-5-3-6-10-17)21-13-14-24-19(15-21)20(25-26(2,22)23)18-11-7-4-8-12-18/h3-12,16,19-20H,13-15H2,1-2H3/t16-,19+,20-/m0/s1. The number of nitrogens with zero attached hydrogens (tertiary/aromatic N) is 1. The van der Waals surface area contributed by atoms with E-state index in [1.165, 1.54) is 5.56 Å². The van der Waals surface area contributed by atoms with Gasteiger partial charge in [-0.1, -0.05) is 60.7 Å². The van der Waals surface area contributed by atoms with Gasteiger partial charge in [0, 0.05) is 19.1 Å². The van der Waals surface area contributed by atoms with Gasteiger partial charge in [0.25, 0.3) is 10.1 Å². The highest BCUT2D eigenvalue weighted by atomic mass is 32.2. The van der Waals surface area contributed by atoms with Crippen LogP contribution in [0.2, 0.25) is 0 Å². The maximum atomic E-state index is 11.8. The molecule has 26 heavy (non-hydrogen) atoms. The van der Waals surface area contributed by atoms with Crippen LogP contribution in [-0.2, 0) is 19.0 Å². The van der Waals surface area contributed by atoms with Gasteiger partial charge < -0.3 is 4.74 Å². The summed E-state index contributed by atoms with van der Waals surface area (Å²) < 4.78 is 34.9. The molecule has 1 aliphatic heterocycles. The highest BCUT2D eigenvalue weighted by Gasteiger charge is 2.34. The molecule has 2 aromatic rings. The molecular formula is C20H25NO4S. The Hall–Kier alpha value is -1.73. The van der Waals surface area contributed by atoms with Crippen LogP contribution in [0.15, 0.2) is 60.7 Å². The number of hydrogen-bond donors (Lipinski definition) is 0. The minimum Gasteiger partial charge on any atom is -0.372 e. The Morgan fingerprint density at radius 2 is 1.62 bits per heavy atom. The normalized spacial score (nSPS) is 21.2. The SMILES string of the molecule is C[C@@H](c1ccccc1)N1CCO[C@@H]([C@@H](OS(C)(=O)=O)c2ccccc2)C1. The second-order valence-corrected chi connectivity index (χ2v) is 8.22. The highest BCUT2D eigenvalue weighted by molar-refractivity contribution is 7.86. The number of hydrogen-bond acceptors (Lipinski definition) is 5. The zero-order chi connectivity index (χ0) is 18.6. The molecule has 2 aromatic carbocycles. The third-order valence-electron chi connectivity index (χ3n) is 4.70. The number of rotatable bonds is 6. The molecule has 1 fully saturated rings. The Morgan fingerprint density at radius 1 is 1.04 bits per heavy atom. The molecule has 3 atom stereocenters. The van der Waals surface area contributed by atoms with Crippen molar-refractivity contribution in [2.75, 3.05) is 26.0 Å². The van der Waals surface area contributed by atoms with E-state index in [0.717, 1.165) is 18.4 Å². The zero-order valence-corrected chi connectivity index (χ0v) is 15.9. The van der Waals surface area contributed by atoms with E-state index in [9.17, 15) is 8.42 Å². The lowest BCUT2D eigenvalue weighted by atomic mass is 10.0. The van der Waals surface area contributed by atoms with Gasteiger partial charge in [-0.05, 0) is 18.1 Å². The van der Waals surface area contributed by atoms with Crippen LogP contribution < -0.4 is 0 Å². The van der Waals surface area contributed by atoms with Gasteiger partial charge in [0.1, 0.15) is 12.2 Å². The molecule has 5 nitrogen and oxygen atoms in total. The van der Waals surface area contributed by atoms with Crippen molar-refractivity contribution in [1.82, 2.24) is 4.90 Å². The van der Waals surface area contributed by atoms with E-state index < -0.39 is 16.2 Å². The van der Waals surface area contributed by atoms with E-state index in [2.05, 4.69) is 24.0 Å². The van der Waals surface area contributed by atoms with Crippen molar-refractivity contribution in [3.8, 4) is 0 Å². The van der Waals surface area contributed by atoms with Crippen LogP contribution in [0.5, 0.6) is 0 Å². The molecule has 0 spiro atoms. The van der Waals surface area contributed by atoms with Gasteiger partial charge in [-0.2, -0.15) is 8.42 Å². The first-order chi connectivity index (χ1) is 12.4. The average Bonchev–Trinajstić information content (AvgIpc) is 2.66. The Balaban J connectivity index is 1.81. The van der Waals surface area contributed by atoms with Crippen LogP contribution in [0, 0.1) is 0 Å². The van der Waals surface area contributed by atoms with E-state index >= 15 is 0 Å². The molecule has 0 N–H and O–H groups in total. The predicted molar refractivity (Wildman–Crippen MR) is 101 cm³/mol. The van der Waals surface area contributed by atoms with Crippen LogP contribution in [0.3, 0.4) is 0 Å². The molecule has 3 rings (SSSR count). The fraction of sp³-hybridized carbons (Fsp3) is 0.400. The minimum absolute atomic E-state index is 0.220. The van der Waals surface area contributed by atoms with Gasteiger partial charge >= 0.3 is 0 Å². The van der Waals surface area contributed by atoms with Crippen molar-refractivity contribution in [2.24, 2.45) is 0 Å². The second-order valence-electron chi connectivity index (χ2n) is 6.62. The summed E-state index contributed by atoms with van der Waals surface area (Å²) in [6, 6.07) is 19.9. The first kappa shape index (κ1) is 19.0. The molecule has 0 unspecified atom stereocenters. The summed E-state index contributed by atoms with van der Waals surface area (Å²) in [7, 11) is -3.61. The number of benzene rings is 2. The fourth-order valence-electron chi connectivity index (χ4n) is 3.34. The van der Waals surface area contributed by atoms with E-state index in [1.54, 1.807) is 0 Å². The second kappa shape index (κ2) is 8.31. The van der Waals surface area contributed by atoms with Crippen molar-refractivity contribution in [3.63, 3.8) is 0 Å². The molecule has 0 bridgehead atoms. The topological polar surface area (TPSA) is 55.8 Å². The minimum atomic E-state index is -3.61. The smallest absolute Gasteiger partial charge is 0.265 e. The van der Waals surface area contributed by atoms with Gasteiger partial charge in [0.15, 0.2) is 0 Å². The maximum absolute atomic E-state index is 11.8. The Kier molecular flexibility index (Phi) is 6.09. The van der Waals surface area contributed by atoms with Crippen LogP contribution in [0.25, 0.3) is 0 Å². The summed E-state index contributed by atoms with van der Waals surface area (Å²) in [5, 5.41) is 0. The van der Waals surface area contributed by atoms with Gasteiger partial charge in [-0.3, -0.25) is 9.08 Å². The molecule has 0 aromatic heterocycles. The predicted octanol–water partition coefficient (Wildman–Crippen LogP) is 3.17. The van der Waals surface area contributed by atoms with Crippen LogP contribution >= 0.6 is 0 Å². The quantitative estimate of drug-likeness (QED) is 0.726. The molecule has 0 amide bonds. The van der Waals surface area contributed by atoms with Gasteiger partial charge in [-0.25, -0.2) is 0 Å². The Bertz CT molecular complexity index is 795. The summed E-state index contributed by atoms with van der Waals surface area (Å²) in [4.78, 5) is 2.31. The average molecular weight is 375 g/mol. The summed E-state index contributed by atoms with van der Waals surface area (Å²) in [5.74, 6) is 0. The first-order valence-corrected chi connectivity index (χ1v) is 10.6. The number of ether oxygens (including phenoxy) is 1. The lowest BCUT2D eigenvalue weighted by Gasteiger charge is -2.39. The molecule has 0 aliphatic carbocycles. The van der Waals surface area contributed by atoms with Gasteiger partial charge in [-0.15, -0.1) is 0 Å². The van der Waals surface area contributed by atoms with Crippen LogP contribution in [0.4, 0.5) is 0 Å². The molecule has 6 heteroatoms. The largest absolute Gasteiger partial charge is 0.372 e. The first-order valence-electron chi connectivity index (χ1n) is 8.78. The molecule has 1 saturated heterocycles. The molecule has 1 aliphatic rings. The summed E-state index contributed by atoms with van der Waals surface area (Å²) >= 11 is 0. The third-order valence-corrected chi connectivity index (χ3v) is 5.26. The molecule has 1 heterocycles. The third kappa shape index (κ3) is 4.92. The van der Waals surface area contributed by atoms with Crippen molar-refractivity contribution >= 4 is 10.1 Å². The van der Waals surface area contributed by atoms with Crippen molar-refractivity contribution in [3.05, 3.63) is 71.8 Å². The molecule has 0 saturated carbocycles. The highest BCUT2D eigenvalue weighted by Crippen LogP contribution is 2.30. The van der Waals surface area contributed by atoms with E-state index in [0.29, 0.717) is 13.2 Å². The summed E-state index contributed by atoms with van der Waals surface area (Å²) in [6.45, 7) is 4.10. The molecule has 140 valence electrons. The maximum Gasteiger partial charge on any atom is 0.265 e. The fourth-order valence-corrected chi connectivity index (χ4v) is 3.95. The summed E-state index contributed by atoms with van der Waals surface area (Å²) in [6.07, 6.45) is 0.0693. The van der Waals surface area contributed by atoms with Gasteiger partial charge in [0.2, 0.25) is 0 Å².